The van der Waals surface area contributed by atoms with Gasteiger partial charge in [-0.3, -0.25) is 0 Å². The van der Waals surface area contributed by atoms with Crippen LogP contribution < -0.4 is 9.47 Å². The third-order valence-electron chi connectivity index (χ3n) is 4.56. The second kappa shape index (κ2) is 6.93. The van der Waals surface area contributed by atoms with E-state index in [1.54, 1.807) is 11.8 Å². The third kappa shape index (κ3) is 3.22. The van der Waals surface area contributed by atoms with Crippen LogP contribution in [0.4, 0.5) is 0 Å². The van der Waals surface area contributed by atoms with Crippen LogP contribution in [0.25, 0.3) is 22.0 Å². The fourth-order valence-corrected chi connectivity index (χ4v) is 3.99. The molecule has 4 aromatic rings. The van der Waals surface area contributed by atoms with Crippen LogP contribution in [0, 0.1) is 0 Å². The summed E-state index contributed by atoms with van der Waals surface area (Å²) in [6, 6.07) is 24.7. The summed E-state index contributed by atoms with van der Waals surface area (Å²) in [5, 5.41) is 12.2. The van der Waals surface area contributed by atoms with Crippen LogP contribution in [0.1, 0.15) is 5.56 Å². The monoisotopic (exact) mass is 372 g/mol. The summed E-state index contributed by atoms with van der Waals surface area (Å²) in [5.41, 5.74) is 3.10. The minimum Gasteiger partial charge on any atom is -0.454 e. The first kappa shape index (κ1) is 16.1. The molecule has 0 aliphatic carbocycles. The van der Waals surface area contributed by atoms with Crippen molar-refractivity contribution in [3.8, 4) is 22.8 Å². The van der Waals surface area contributed by atoms with Crippen molar-refractivity contribution in [2.75, 3.05) is 6.79 Å². The molecular weight excluding hydrogens is 356 g/mol. The number of hydrogen-bond acceptors (Lipinski definition) is 5. The molecule has 0 radical (unpaired) electrons. The molecule has 5 rings (SSSR count). The van der Waals surface area contributed by atoms with Gasteiger partial charge in [-0.05, 0) is 46.7 Å². The van der Waals surface area contributed by atoms with Crippen LogP contribution in [-0.2, 0) is 5.75 Å². The first-order valence-electron chi connectivity index (χ1n) is 8.70. The highest BCUT2D eigenvalue weighted by atomic mass is 32.2. The van der Waals surface area contributed by atoms with E-state index in [0.717, 1.165) is 33.5 Å². The lowest BCUT2D eigenvalue weighted by Crippen LogP contribution is -1.93. The molecule has 1 aromatic heterocycles. The van der Waals surface area contributed by atoms with Gasteiger partial charge in [-0.2, -0.15) is 0 Å². The number of benzene rings is 3. The van der Waals surface area contributed by atoms with Gasteiger partial charge in [0.2, 0.25) is 6.79 Å². The zero-order valence-electron chi connectivity index (χ0n) is 14.5. The second-order valence-corrected chi connectivity index (χ2v) is 7.25. The van der Waals surface area contributed by atoms with E-state index in [1.165, 1.54) is 16.3 Å². The molecule has 4 nitrogen and oxygen atoms in total. The quantitative estimate of drug-likeness (QED) is 0.454. The molecule has 132 valence electrons. The van der Waals surface area contributed by atoms with Crippen molar-refractivity contribution in [1.29, 1.82) is 0 Å². The molecule has 0 N–H and O–H groups in total. The maximum atomic E-state index is 5.43. The van der Waals surface area contributed by atoms with Crippen LogP contribution in [0.3, 0.4) is 0 Å². The smallest absolute Gasteiger partial charge is 0.231 e. The zero-order chi connectivity index (χ0) is 18.1. The van der Waals surface area contributed by atoms with E-state index in [2.05, 4.69) is 52.7 Å². The fraction of sp³-hybridized carbons (Fsp3) is 0.0909. The van der Waals surface area contributed by atoms with E-state index in [-0.39, 0.29) is 6.79 Å². The van der Waals surface area contributed by atoms with Crippen LogP contribution in [0.5, 0.6) is 11.5 Å². The molecule has 0 atom stereocenters. The van der Waals surface area contributed by atoms with Crippen molar-refractivity contribution in [1.82, 2.24) is 10.2 Å². The molecule has 0 bridgehead atoms. The minimum atomic E-state index is 0.272. The highest BCUT2D eigenvalue weighted by Gasteiger charge is 2.14. The summed E-state index contributed by atoms with van der Waals surface area (Å²) in [7, 11) is 0. The Kier molecular flexibility index (Phi) is 4.14. The van der Waals surface area contributed by atoms with Crippen LogP contribution >= 0.6 is 11.8 Å². The second-order valence-electron chi connectivity index (χ2n) is 6.25. The van der Waals surface area contributed by atoms with E-state index in [0.29, 0.717) is 0 Å². The molecule has 3 aromatic carbocycles. The topological polar surface area (TPSA) is 44.2 Å². The lowest BCUT2D eigenvalue weighted by Gasteiger charge is -2.06. The molecule has 0 spiro atoms. The maximum absolute atomic E-state index is 5.43. The van der Waals surface area contributed by atoms with E-state index in [1.807, 2.05) is 30.3 Å². The Balaban J connectivity index is 1.33. The molecule has 1 aliphatic rings. The predicted octanol–water partition coefficient (Wildman–Crippen LogP) is 5.32. The normalized spacial score (nSPS) is 12.4. The van der Waals surface area contributed by atoms with Gasteiger partial charge in [-0.25, -0.2) is 0 Å². The molecule has 27 heavy (non-hydrogen) atoms. The predicted molar refractivity (Wildman–Crippen MR) is 107 cm³/mol. The van der Waals surface area contributed by atoms with E-state index in [4.69, 9.17) is 9.47 Å². The Morgan fingerprint density at radius 2 is 1.70 bits per heavy atom. The number of nitrogens with zero attached hydrogens (tertiary/aromatic N) is 2. The number of fused-ring (bicyclic) bond motifs is 2. The Morgan fingerprint density at radius 1 is 0.815 bits per heavy atom. The van der Waals surface area contributed by atoms with Crippen molar-refractivity contribution in [3.63, 3.8) is 0 Å². The molecule has 0 saturated heterocycles. The number of thioether (sulfide) groups is 1. The summed E-state index contributed by atoms with van der Waals surface area (Å²) in [6.45, 7) is 0.272. The van der Waals surface area contributed by atoms with Gasteiger partial charge in [0.1, 0.15) is 5.03 Å². The standard InChI is InChI=1S/C22H16N2O2S/c1-2-7-18-15(4-1)5-3-6-17(18)13-27-22-11-9-19(23-24-22)16-8-10-20-21(12-16)26-14-25-20/h1-12H,13-14H2. The van der Waals surface area contributed by atoms with Gasteiger partial charge in [0.25, 0.3) is 0 Å². The highest BCUT2D eigenvalue weighted by Crippen LogP contribution is 2.35. The van der Waals surface area contributed by atoms with Crippen molar-refractivity contribution < 1.29 is 9.47 Å². The van der Waals surface area contributed by atoms with E-state index in [9.17, 15) is 0 Å². The number of hydrogen-bond donors (Lipinski definition) is 0. The highest BCUT2D eigenvalue weighted by molar-refractivity contribution is 7.98. The number of aromatic nitrogens is 2. The summed E-state index contributed by atoms with van der Waals surface area (Å²) < 4.78 is 10.8. The fourth-order valence-electron chi connectivity index (χ4n) is 3.18. The molecule has 0 fully saturated rings. The van der Waals surface area contributed by atoms with Gasteiger partial charge < -0.3 is 9.47 Å². The molecular formula is C22H16N2O2S. The SMILES string of the molecule is c1ccc2c(CSc3ccc(-c4ccc5c(c4)OCO5)nn3)cccc2c1. The molecule has 0 saturated carbocycles. The minimum absolute atomic E-state index is 0.272. The van der Waals surface area contributed by atoms with Gasteiger partial charge in [0, 0.05) is 11.3 Å². The van der Waals surface area contributed by atoms with Gasteiger partial charge >= 0.3 is 0 Å². The lowest BCUT2D eigenvalue weighted by molar-refractivity contribution is 0.174. The van der Waals surface area contributed by atoms with Gasteiger partial charge in [0.05, 0.1) is 5.69 Å². The van der Waals surface area contributed by atoms with Gasteiger partial charge in [-0.1, -0.05) is 54.2 Å². The summed E-state index contributed by atoms with van der Waals surface area (Å²) in [5.74, 6) is 2.39. The molecule has 5 heteroatoms. The van der Waals surface area contributed by atoms with Gasteiger partial charge in [0.15, 0.2) is 11.5 Å². The Labute approximate surface area is 161 Å². The number of ether oxygens (including phenoxy) is 2. The van der Waals surface area contributed by atoms with Gasteiger partial charge in [-0.15, -0.1) is 10.2 Å². The summed E-state index contributed by atoms with van der Waals surface area (Å²) in [6.07, 6.45) is 0. The summed E-state index contributed by atoms with van der Waals surface area (Å²) in [4.78, 5) is 0. The van der Waals surface area contributed by atoms with E-state index < -0.39 is 0 Å². The van der Waals surface area contributed by atoms with Crippen molar-refractivity contribution in [3.05, 3.63) is 78.4 Å². The van der Waals surface area contributed by atoms with Crippen molar-refractivity contribution in [2.24, 2.45) is 0 Å². The first-order valence-corrected chi connectivity index (χ1v) is 9.68. The third-order valence-corrected chi connectivity index (χ3v) is 5.53. The van der Waals surface area contributed by atoms with Crippen LogP contribution in [0.15, 0.2) is 77.8 Å². The van der Waals surface area contributed by atoms with Crippen molar-refractivity contribution in [2.45, 2.75) is 10.8 Å². The van der Waals surface area contributed by atoms with E-state index >= 15 is 0 Å². The first-order chi connectivity index (χ1) is 13.4. The molecule has 0 amide bonds. The summed E-state index contributed by atoms with van der Waals surface area (Å²) >= 11 is 1.69. The molecule has 1 aliphatic heterocycles. The Morgan fingerprint density at radius 3 is 2.63 bits per heavy atom. The average Bonchev–Trinajstić information content (AvgIpc) is 3.20. The Bertz CT molecular complexity index is 1110. The molecule has 0 unspecified atom stereocenters. The van der Waals surface area contributed by atoms with Crippen LogP contribution in [0.2, 0.25) is 0 Å². The largest absolute Gasteiger partial charge is 0.454 e. The Hall–Kier alpha value is -3.05. The zero-order valence-corrected chi connectivity index (χ0v) is 15.3. The van der Waals surface area contributed by atoms with Crippen molar-refractivity contribution >= 4 is 22.5 Å². The van der Waals surface area contributed by atoms with Crippen LogP contribution in [-0.4, -0.2) is 17.0 Å². The molecule has 2 heterocycles. The average molecular weight is 372 g/mol. The maximum Gasteiger partial charge on any atom is 0.231 e. The number of rotatable bonds is 4. The lowest BCUT2D eigenvalue weighted by atomic mass is 10.1.